The molecule has 1 amide bonds. The first kappa shape index (κ1) is 15.6. The van der Waals surface area contributed by atoms with Crippen LogP contribution < -0.4 is 11.1 Å². The van der Waals surface area contributed by atoms with Crippen LogP contribution in [0.4, 0.5) is 4.39 Å². The Morgan fingerprint density at radius 1 is 1.52 bits per heavy atom. The molecule has 0 aliphatic carbocycles. The maximum atomic E-state index is 13.9. The Morgan fingerprint density at radius 2 is 2.33 bits per heavy atom. The molecule has 7 heteroatoms. The largest absolute Gasteiger partial charge is 0.409 e. The number of amidine groups is 1. The third-order valence-electron chi connectivity index (χ3n) is 3.38. The molecule has 1 aromatic carbocycles. The smallest absolute Gasteiger partial charge is 0.233 e. The van der Waals surface area contributed by atoms with Gasteiger partial charge in [0.25, 0.3) is 0 Å². The van der Waals surface area contributed by atoms with Crippen LogP contribution in [0.2, 0.25) is 0 Å². The number of oxime groups is 1. The Hall–Kier alpha value is -1.76. The lowest BCUT2D eigenvalue weighted by atomic mass is 10.1. The highest BCUT2D eigenvalue weighted by Gasteiger charge is 2.21. The molecule has 1 saturated heterocycles. The summed E-state index contributed by atoms with van der Waals surface area (Å²) in [4.78, 5) is 12.0. The number of nitrogens with zero attached hydrogens (tertiary/aromatic N) is 1. The van der Waals surface area contributed by atoms with Crippen LogP contribution in [0.15, 0.2) is 23.4 Å². The topological polar surface area (TPSA) is 87.7 Å². The van der Waals surface area contributed by atoms with Gasteiger partial charge in [-0.1, -0.05) is 23.7 Å². The first-order chi connectivity index (χ1) is 10.1. The zero-order valence-corrected chi connectivity index (χ0v) is 12.3. The summed E-state index contributed by atoms with van der Waals surface area (Å²) in [5.41, 5.74) is 6.07. The maximum absolute atomic E-state index is 13.9. The number of nitrogens with one attached hydrogen (secondary N) is 1. The second-order valence-electron chi connectivity index (χ2n) is 4.86. The van der Waals surface area contributed by atoms with Gasteiger partial charge in [-0.2, -0.15) is 0 Å². The van der Waals surface area contributed by atoms with Crippen LogP contribution in [-0.2, 0) is 11.3 Å². The Labute approximate surface area is 126 Å². The Bertz CT molecular complexity index is 545. The van der Waals surface area contributed by atoms with Gasteiger partial charge in [0, 0.05) is 17.7 Å². The van der Waals surface area contributed by atoms with Crippen molar-refractivity contribution in [1.82, 2.24) is 5.32 Å². The molecule has 1 fully saturated rings. The number of carbonyl (C=O) groups excluding carboxylic acids is 1. The number of hydrogen-bond acceptors (Lipinski definition) is 4. The number of nitrogens with two attached hydrogens (primary N) is 1. The van der Waals surface area contributed by atoms with Gasteiger partial charge in [0.1, 0.15) is 5.82 Å². The van der Waals surface area contributed by atoms with E-state index >= 15 is 0 Å². The van der Waals surface area contributed by atoms with E-state index in [1.54, 1.807) is 17.8 Å². The SMILES string of the molecule is N/C(=N/O)c1ccc(CNC(=O)C2CCCCS2)c(F)c1. The quantitative estimate of drug-likeness (QED) is 0.342. The fraction of sp³-hybridized carbons (Fsp3) is 0.429. The van der Waals surface area contributed by atoms with Gasteiger partial charge in [0.15, 0.2) is 5.84 Å². The minimum absolute atomic E-state index is 0.0294. The standard InChI is InChI=1S/C14H18FN3O2S/c15-11-7-9(13(16)18-20)4-5-10(11)8-17-14(19)12-3-1-2-6-21-12/h4-5,7,12,20H,1-3,6,8H2,(H2,16,18)(H,17,19). The fourth-order valence-corrected chi connectivity index (χ4v) is 3.37. The van der Waals surface area contributed by atoms with Gasteiger partial charge in [0.05, 0.1) is 5.25 Å². The van der Waals surface area contributed by atoms with Crippen LogP contribution in [0, 0.1) is 5.82 Å². The summed E-state index contributed by atoms with van der Waals surface area (Å²) >= 11 is 1.65. The summed E-state index contributed by atoms with van der Waals surface area (Å²) in [6, 6.07) is 4.26. The van der Waals surface area contributed by atoms with Crippen LogP contribution in [0.5, 0.6) is 0 Å². The lowest BCUT2D eigenvalue weighted by molar-refractivity contribution is -0.120. The van der Waals surface area contributed by atoms with Crippen molar-refractivity contribution in [1.29, 1.82) is 0 Å². The predicted octanol–water partition coefficient (Wildman–Crippen LogP) is 1.82. The minimum Gasteiger partial charge on any atom is -0.409 e. The van der Waals surface area contributed by atoms with Crippen LogP contribution in [0.3, 0.4) is 0 Å². The average molecular weight is 311 g/mol. The molecule has 5 nitrogen and oxygen atoms in total. The highest BCUT2D eigenvalue weighted by molar-refractivity contribution is 8.00. The third kappa shape index (κ3) is 4.10. The minimum atomic E-state index is -0.490. The number of thioether (sulfide) groups is 1. The van der Waals surface area contributed by atoms with Gasteiger partial charge in [-0.25, -0.2) is 4.39 Å². The number of hydrogen-bond donors (Lipinski definition) is 3. The first-order valence-electron chi connectivity index (χ1n) is 6.77. The fourth-order valence-electron chi connectivity index (χ4n) is 2.15. The zero-order chi connectivity index (χ0) is 15.2. The number of benzene rings is 1. The summed E-state index contributed by atoms with van der Waals surface area (Å²) in [6.45, 7) is 0.137. The van der Waals surface area contributed by atoms with Crippen molar-refractivity contribution in [3.8, 4) is 0 Å². The third-order valence-corrected chi connectivity index (χ3v) is 4.76. The molecular weight excluding hydrogens is 293 g/mol. The molecule has 0 bridgehead atoms. The number of halogens is 1. The second kappa shape index (κ2) is 7.31. The van der Waals surface area contributed by atoms with E-state index in [0.717, 1.165) is 25.0 Å². The molecule has 0 aromatic heterocycles. The van der Waals surface area contributed by atoms with Crippen LogP contribution in [0.1, 0.15) is 30.4 Å². The van der Waals surface area contributed by atoms with Crippen LogP contribution >= 0.6 is 11.8 Å². The Kier molecular flexibility index (Phi) is 5.44. The molecule has 4 N–H and O–H groups in total. The summed E-state index contributed by atoms with van der Waals surface area (Å²) in [5, 5.41) is 14.1. The van der Waals surface area contributed by atoms with Crippen molar-refractivity contribution >= 4 is 23.5 Å². The molecule has 1 aromatic rings. The molecule has 114 valence electrons. The van der Waals surface area contributed by atoms with E-state index in [-0.39, 0.29) is 23.5 Å². The monoisotopic (exact) mass is 311 g/mol. The molecule has 0 spiro atoms. The molecule has 1 aliphatic rings. The lowest BCUT2D eigenvalue weighted by Gasteiger charge is -2.20. The predicted molar refractivity (Wildman–Crippen MR) is 80.9 cm³/mol. The van der Waals surface area contributed by atoms with Gasteiger partial charge in [-0.3, -0.25) is 4.79 Å². The molecule has 1 aliphatic heterocycles. The van der Waals surface area contributed by atoms with E-state index in [4.69, 9.17) is 10.9 Å². The maximum Gasteiger partial charge on any atom is 0.233 e. The molecule has 1 atom stereocenters. The van der Waals surface area contributed by atoms with Gasteiger partial charge >= 0.3 is 0 Å². The molecule has 2 rings (SSSR count). The van der Waals surface area contributed by atoms with Gasteiger partial charge < -0.3 is 16.3 Å². The molecule has 1 unspecified atom stereocenters. The highest BCUT2D eigenvalue weighted by Crippen LogP contribution is 2.25. The van der Waals surface area contributed by atoms with E-state index in [0.29, 0.717) is 11.1 Å². The van der Waals surface area contributed by atoms with Crippen molar-refractivity contribution in [2.24, 2.45) is 10.9 Å². The molecule has 0 saturated carbocycles. The highest BCUT2D eigenvalue weighted by atomic mass is 32.2. The van der Waals surface area contributed by atoms with Gasteiger partial charge in [-0.15, -0.1) is 11.8 Å². The summed E-state index contributed by atoms with van der Waals surface area (Å²) in [7, 11) is 0. The number of rotatable bonds is 4. The molecule has 21 heavy (non-hydrogen) atoms. The van der Waals surface area contributed by atoms with E-state index in [2.05, 4.69) is 10.5 Å². The van der Waals surface area contributed by atoms with E-state index in [1.807, 2.05) is 0 Å². The summed E-state index contributed by atoms with van der Waals surface area (Å²) < 4.78 is 13.9. The summed E-state index contributed by atoms with van der Waals surface area (Å²) in [6.07, 6.45) is 3.09. The Balaban J connectivity index is 1.95. The molecule has 1 heterocycles. The van der Waals surface area contributed by atoms with E-state index < -0.39 is 5.82 Å². The second-order valence-corrected chi connectivity index (χ2v) is 6.18. The normalized spacial score (nSPS) is 19.3. The summed E-state index contributed by atoms with van der Waals surface area (Å²) in [5.74, 6) is 0.319. The van der Waals surface area contributed by atoms with E-state index in [1.165, 1.54) is 12.1 Å². The van der Waals surface area contributed by atoms with Gasteiger partial charge in [0.2, 0.25) is 5.91 Å². The van der Waals surface area contributed by atoms with Crippen LogP contribution in [-0.4, -0.2) is 28.0 Å². The van der Waals surface area contributed by atoms with Gasteiger partial charge in [-0.05, 0) is 24.7 Å². The zero-order valence-electron chi connectivity index (χ0n) is 11.5. The average Bonchev–Trinajstić information content (AvgIpc) is 2.53. The molecular formula is C14H18FN3O2S. The number of carbonyl (C=O) groups is 1. The van der Waals surface area contributed by atoms with Crippen molar-refractivity contribution in [3.05, 3.63) is 35.1 Å². The lowest BCUT2D eigenvalue weighted by Crippen LogP contribution is -2.34. The van der Waals surface area contributed by atoms with Crippen LogP contribution in [0.25, 0.3) is 0 Å². The molecule has 0 radical (unpaired) electrons. The van der Waals surface area contributed by atoms with Crippen molar-refractivity contribution in [2.45, 2.75) is 31.1 Å². The van der Waals surface area contributed by atoms with Crippen molar-refractivity contribution in [2.75, 3.05) is 5.75 Å². The van der Waals surface area contributed by atoms with E-state index in [9.17, 15) is 9.18 Å². The van der Waals surface area contributed by atoms with Crippen molar-refractivity contribution in [3.63, 3.8) is 0 Å². The Morgan fingerprint density at radius 3 is 2.95 bits per heavy atom. The van der Waals surface area contributed by atoms with Crippen molar-refractivity contribution < 1.29 is 14.4 Å². The first-order valence-corrected chi connectivity index (χ1v) is 7.82. The number of amides is 1.